The first-order valence-corrected chi connectivity index (χ1v) is 20.8. The number of halogens is 3. The summed E-state index contributed by atoms with van der Waals surface area (Å²) < 4.78 is 91.2. The number of pyridine rings is 1. The molecule has 3 fully saturated rings. The predicted octanol–water partition coefficient (Wildman–Crippen LogP) is 4.53. The van der Waals surface area contributed by atoms with Crippen LogP contribution >= 0.6 is 0 Å². The Hall–Kier alpha value is -4.81. The van der Waals surface area contributed by atoms with Crippen LogP contribution < -0.4 is 29.6 Å². The van der Waals surface area contributed by atoms with E-state index in [0.717, 1.165) is 0 Å². The third kappa shape index (κ3) is 8.93. The molecule has 19 heteroatoms. The Balaban J connectivity index is 1.36. The number of amides is 4. The van der Waals surface area contributed by atoms with Gasteiger partial charge in [-0.25, -0.2) is 18.2 Å². The van der Waals surface area contributed by atoms with Gasteiger partial charge in [0, 0.05) is 23.9 Å². The number of alkyl carbamates (subject to hydrolysis) is 1. The lowest BCUT2D eigenvalue weighted by Crippen LogP contribution is -2.59. The van der Waals surface area contributed by atoms with Crippen molar-refractivity contribution in [1.29, 1.82) is 0 Å². The number of benzene rings is 1. The lowest BCUT2D eigenvalue weighted by Gasteiger charge is -2.34. The van der Waals surface area contributed by atoms with Crippen molar-refractivity contribution in [3.05, 3.63) is 36.5 Å². The molecule has 15 nitrogen and oxygen atoms in total. The molecule has 1 saturated heterocycles. The Morgan fingerprint density at radius 2 is 1.72 bits per heavy atom. The Morgan fingerprint density at radius 3 is 2.38 bits per heavy atom. The fourth-order valence-electron chi connectivity index (χ4n) is 7.67. The SMILES string of the molecule is COc1cc2ccnc(O[C@@H]3C[C@H]4C(=O)N[C@]5(C(=O)NS(=O)(=O)C6CC6)C[C@H]5/C=C\CC[C@H](C)C[C@@H](C)[C@H](NC(=O)OC(C)(C)C(F)(F)F)C(=O)N4C3)c2cc1OC. The molecule has 0 bridgehead atoms. The molecule has 7 atom stereocenters. The number of hydrogen-bond donors (Lipinski definition) is 3. The Kier molecular flexibility index (Phi) is 11.9. The van der Waals surface area contributed by atoms with E-state index in [1.165, 1.54) is 25.3 Å². The van der Waals surface area contributed by atoms with Crippen LogP contribution in [0, 0.1) is 17.8 Å². The number of alkyl halides is 3. The molecule has 1 aromatic heterocycles. The van der Waals surface area contributed by atoms with Crippen LogP contribution in [0.15, 0.2) is 36.5 Å². The minimum atomic E-state index is -4.92. The zero-order valence-electron chi connectivity index (χ0n) is 33.2. The normalized spacial score (nSPS) is 28.8. The number of sulfonamides is 1. The van der Waals surface area contributed by atoms with E-state index < -0.39 is 86.4 Å². The van der Waals surface area contributed by atoms with Crippen LogP contribution in [0.3, 0.4) is 0 Å². The van der Waals surface area contributed by atoms with Crippen molar-refractivity contribution in [1.82, 2.24) is 25.2 Å². The summed E-state index contributed by atoms with van der Waals surface area (Å²) in [5.74, 6) is -2.73. The third-order valence-corrected chi connectivity index (χ3v) is 13.2. The van der Waals surface area contributed by atoms with Crippen molar-refractivity contribution in [2.45, 2.75) is 113 Å². The number of ether oxygens (including phenoxy) is 4. The first kappa shape index (κ1) is 42.8. The van der Waals surface area contributed by atoms with Gasteiger partial charge in [0.05, 0.1) is 26.0 Å². The lowest BCUT2D eigenvalue weighted by atomic mass is 9.88. The Bertz CT molecular complexity index is 2080. The van der Waals surface area contributed by atoms with E-state index in [9.17, 15) is 40.8 Å². The summed E-state index contributed by atoms with van der Waals surface area (Å²) >= 11 is 0. The van der Waals surface area contributed by atoms with Gasteiger partial charge in [0.1, 0.15) is 23.7 Å². The molecule has 58 heavy (non-hydrogen) atoms. The monoisotopic (exact) mass is 837 g/mol. The number of nitrogens with zero attached hydrogens (tertiary/aromatic N) is 2. The van der Waals surface area contributed by atoms with E-state index in [1.54, 1.807) is 31.2 Å². The molecule has 6 rings (SSSR count). The number of rotatable bonds is 9. The first-order valence-electron chi connectivity index (χ1n) is 19.3. The maximum absolute atomic E-state index is 14.7. The van der Waals surface area contributed by atoms with Gasteiger partial charge in [-0.2, -0.15) is 13.2 Å². The minimum absolute atomic E-state index is 0.0428. The van der Waals surface area contributed by atoms with Gasteiger partial charge in [0.15, 0.2) is 11.5 Å². The standard InChI is InChI=1S/C39H50F3N5O10S/c1-21-9-7-8-10-24-19-38(24,35(50)46-58(52,53)26-11-12-26)45-32(48)28-17-25(56-33-27-18-30(55-6)29(54-5)16-23(27)13-14-43-33)20-47(28)34(49)31(22(2)15-21)44-36(51)57-37(3,4)39(40,41)42/h8,10,13-14,16,18,21-22,24-26,28,31H,7,9,11-12,15,17,19-20H2,1-6H3,(H,44,51)(H,45,48)(H,46,50)/b10-8-/t21-,22+,24+,25+,28-,31-,38+/m0/s1. The molecular weight excluding hydrogens is 788 g/mol. The molecule has 1 aromatic carbocycles. The summed E-state index contributed by atoms with van der Waals surface area (Å²) in [7, 11) is -1.03. The molecule has 0 radical (unpaired) electrons. The van der Waals surface area contributed by atoms with Gasteiger partial charge in [-0.05, 0) is 87.8 Å². The predicted molar refractivity (Wildman–Crippen MR) is 203 cm³/mol. The summed E-state index contributed by atoms with van der Waals surface area (Å²) in [6.07, 6.45) is 0.134. The molecule has 2 aromatic rings. The van der Waals surface area contributed by atoms with Gasteiger partial charge < -0.3 is 34.5 Å². The number of carbonyl (C=O) groups is 4. The second-order valence-corrected chi connectivity index (χ2v) is 18.3. The molecule has 318 valence electrons. The highest BCUT2D eigenvalue weighted by Gasteiger charge is 2.62. The van der Waals surface area contributed by atoms with Crippen molar-refractivity contribution in [2.75, 3.05) is 20.8 Å². The lowest BCUT2D eigenvalue weighted by molar-refractivity contribution is -0.244. The second-order valence-electron chi connectivity index (χ2n) is 16.3. The van der Waals surface area contributed by atoms with E-state index in [-0.39, 0.29) is 31.2 Å². The largest absolute Gasteiger partial charge is 0.493 e. The zero-order chi connectivity index (χ0) is 42.4. The van der Waals surface area contributed by atoms with Crippen molar-refractivity contribution in [3.8, 4) is 17.4 Å². The summed E-state index contributed by atoms with van der Waals surface area (Å²) in [4.78, 5) is 61.7. The van der Waals surface area contributed by atoms with Crippen LogP contribution in [0.5, 0.6) is 17.4 Å². The summed E-state index contributed by atoms with van der Waals surface area (Å²) in [5.41, 5.74) is -4.53. The molecule has 4 aliphatic rings. The topological polar surface area (TPSA) is 192 Å². The molecule has 0 spiro atoms. The summed E-state index contributed by atoms with van der Waals surface area (Å²) in [5, 5.41) is 5.65. The zero-order valence-corrected chi connectivity index (χ0v) is 34.0. The van der Waals surface area contributed by atoms with E-state index >= 15 is 0 Å². The maximum atomic E-state index is 14.7. The summed E-state index contributed by atoms with van der Waals surface area (Å²) in [6, 6.07) is 2.34. The first-order chi connectivity index (χ1) is 27.2. The number of methoxy groups -OCH3 is 2. The van der Waals surface area contributed by atoms with Crippen LogP contribution in [0.2, 0.25) is 0 Å². The third-order valence-electron chi connectivity index (χ3n) is 11.4. The molecule has 4 amide bonds. The Morgan fingerprint density at radius 1 is 1.03 bits per heavy atom. The average molecular weight is 838 g/mol. The summed E-state index contributed by atoms with van der Waals surface area (Å²) in [6.45, 7) is 4.75. The number of aromatic nitrogens is 1. The van der Waals surface area contributed by atoms with Crippen molar-refractivity contribution < 1.29 is 59.7 Å². The molecular formula is C39H50F3N5O10S. The number of hydrogen-bond acceptors (Lipinski definition) is 11. The second kappa shape index (κ2) is 16.1. The number of fused-ring (bicyclic) bond motifs is 3. The highest BCUT2D eigenvalue weighted by molar-refractivity contribution is 7.91. The van der Waals surface area contributed by atoms with Gasteiger partial charge in [-0.15, -0.1) is 0 Å². The fourth-order valence-corrected chi connectivity index (χ4v) is 9.03. The van der Waals surface area contributed by atoms with Gasteiger partial charge in [0.25, 0.3) is 5.91 Å². The van der Waals surface area contributed by atoms with Gasteiger partial charge in [-0.3, -0.25) is 19.1 Å². The number of nitrogens with one attached hydrogen (secondary N) is 3. The highest BCUT2D eigenvalue weighted by atomic mass is 32.2. The van der Waals surface area contributed by atoms with Crippen LogP contribution in [0.1, 0.15) is 72.6 Å². The van der Waals surface area contributed by atoms with Crippen LogP contribution in [-0.4, -0.2) is 104 Å². The highest BCUT2D eigenvalue weighted by Crippen LogP contribution is 2.46. The van der Waals surface area contributed by atoms with E-state index in [2.05, 4.69) is 20.3 Å². The van der Waals surface area contributed by atoms with Crippen molar-refractivity contribution in [2.24, 2.45) is 17.8 Å². The van der Waals surface area contributed by atoms with E-state index in [4.69, 9.17) is 18.9 Å². The fraction of sp³-hybridized carbons (Fsp3) is 0.615. The molecule has 0 unspecified atom stereocenters. The van der Waals surface area contributed by atoms with Crippen LogP contribution in [0.4, 0.5) is 18.0 Å². The van der Waals surface area contributed by atoms with Gasteiger partial charge in [0.2, 0.25) is 33.3 Å². The Labute approximate surface area is 334 Å². The minimum Gasteiger partial charge on any atom is -0.493 e. The average Bonchev–Trinajstić information content (AvgIpc) is 4.07. The number of carbonyl (C=O) groups excluding carboxylic acids is 4. The van der Waals surface area contributed by atoms with E-state index in [1.807, 2.05) is 13.0 Å². The van der Waals surface area contributed by atoms with Crippen molar-refractivity contribution in [3.63, 3.8) is 0 Å². The molecule has 2 aliphatic heterocycles. The molecule has 2 saturated carbocycles. The quantitative estimate of drug-likeness (QED) is 0.301. The molecule has 3 N–H and O–H groups in total. The maximum Gasteiger partial charge on any atom is 0.427 e. The van der Waals surface area contributed by atoms with Gasteiger partial charge >= 0.3 is 12.3 Å². The number of allylic oxidation sites excluding steroid dienone is 1. The van der Waals surface area contributed by atoms with Crippen molar-refractivity contribution >= 4 is 44.6 Å². The molecule has 2 aliphatic carbocycles. The van der Waals surface area contributed by atoms with E-state index in [0.29, 0.717) is 68.2 Å². The smallest absolute Gasteiger partial charge is 0.427 e. The van der Waals surface area contributed by atoms with Gasteiger partial charge in [-0.1, -0.05) is 26.0 Å². The van der Waals surface area contributed by atoms with Crippen LogP contribution in [-0.2, 0) is 29.1 Å². The van der Waals surface area contributed by atoms with Crippen LogP contribution in [0.25, 0.3) is 10.8 Å². The molecule has 3 heterocycles.